The molecule has 0 unspecified atom stereocenters. The molecule has 1 fully saturated rings. The first-order chi connectivity index (χ1) is 15.0. The summed E-state index contributed by atoms with van der Waals surface area (Å²) >= 11 is 0. The van der Waals surface area contributed by atoms with Gasteiger partial charge in [-0.1, -0.05) is 18.2 Å². The molecule has 4 rings (SSSR count). The molecule has 0 spiro atoms. The Morgan fingerprint density at radius 1 is 1.06 bits per heavy atom. The number of nitrogens with one attached hydrogen (secondary N) is 3. The number of para-hydroxylation sites is 1. The minimum absolute atomic E-state index is 0.0354. The zero-order chi connectivity index (χ0) is 21.8. The van der Waals surface area contributed by atoms with Crippen molar-refractivity contribution in [1.29, 1.82) is 0 Å². The van der Waals surface area contributed by atoms with Gasteiger partial charge in [-0.15, -0.1) is 0 Å². The molecule has 1 aliphatic carbocycles. The van der Waals surface area contributed by atoms with Gasteiger partial charge in [-0.25, -0.2) is 4.98 Å². The highest BCUT2D eigenvalue weighted by molar-refractivity contribution is 6.14. The number of aryl methyl sites for hydroxylation is 1. The van der Waals surface area contributed by atoms with E-state index in [2.05, 4.69) is 20.9 Å². The van der Waals surface area contributed by atoms with Crippen LogP contribution in [0.1, 0.15) is 41.8 Å². The van der Waals surface area contributed by atoms with Crippen LogP contribution in [0.25, 0.3) is 11.0 Å². The normalized spacial score (nSPS) is 18.4. The fourth-order valence-electron chi connectivity index (χ4n) is 3.89. The van der Waals surface area contributed by atoms with E-state index in [1.54, 1.807) is 24.4 Å². The molecule has 3 N–H and O–H groups in total. The fourth-order valence-corrected chi connectivity index (χ4v) is 3.89. The number of benzene rings is 1. The monoisotopic (exact) mass is 420 g/mol. The van der Waals surface area contributed by atoms with E-state index in [0.717, 1.165) is 18.4 Å². The van der Waals surface area contributed by atoms with Crippen molar-refractivity contribution in [3.8, 4) is 0 Å². The summed E-state index contributed by atoms with van der Waals surface area (Å²) in [6, 6.07) is 10.9. The number of carbonyl (C=O) groups excluding carboxylic acids is 3. The lowest BCUT2D eigenvalue weighted by Gasteiger charge is -2.27. The summed E-state index contributed by atoms with van der Waals surface area (Å²) in [5.41, 5.74) is 1.85. The van der Waals surface area contributed by atoms with Gasteiger partial charge in [0.15, 0.2) is 0 Å². The molecule has 1 saturated carbocycles. The average molecular weight is 420 g/mol. The van der Waals surface area contributed by atoms with Crippen LogP contribution in [0.5, 0.6) is 0 Å². The van der Waals surface area contributed by atoms with Gasteiger partial charge in [0.25, 0.3) is 5.91 Å². The van der Waals surface area contributed by atoms with Gasteiger partial charge in [0.1, 0.15) is 17.1 Å². The zero-order valence-electron chi connectivity index (χ0n) is 17.2. The molecule has 1 aliphatic rings. The minimum Gasteiger partial charge on any atom is -0.449 e. The number of anilines is 2. The molecule has 0 radical (unpaired) electrons. The number of amides is 3. The largest absolute Gasteiger partial charge is 0.449 e. The smallest absolute Gasteiger partial charge is 0.294 e. The maximum Gasteiger partial charge on any atom is 0.294 e. The maximum atomic E-state index is 13.0. The molecule has 0 atom stereocenters. The minimum atomic E-state index is -0.484. The highest BCUT2D eigenvalue weighted by Gasteiger charge is 2.29. The van der Waals surface area contributed by atoms with Crippen LogP contribution in [-0.4, -0.2) is 29.3 Å². The van der Waals surface area contributed by atoms with Crippen LogP contribution in [0.2, 0.25) is 0 Å². The number of aromatic nitrogens is 1. The first-order valence-electron chi connectivity index (χ1n) is 10.3. The number of furan rings is 1. The zero-order valence-corrected chi connectivity index (χ0v) is 17.2. The second-order valence-electron chi connectivity index (χ2n) is 7.80. The standard InChI is InChI=1S/C23H24N4O4/c1-14-6-11-19(24-12-14)26-23(30)21-20(17-4-2-3-5-18(17)31-21)27-22(29)15-7-9-16(10-8-15)25-13-28/h2-6,11-13,15-16H,7-10H2,1H3,(H,25,28)(H,27,29)(H,24,26,30). The molecule has 160 valence electrons. The van der Waals surface area contributed by atoms with Crippen molar-refractivity contribution in [2.24, 2.45) is 5.92 Å². The van der Waals surface area contributed by atoms with Crippen LogP contribution in [-0.2, 0) is 9.59 Å². The van der Waals surface area contributed by atoms with Crippen molar-refractivity contribution < 1.29 is 18.8 Å². The number of carbonyl (C=O) groups is 3. The van der Waals surface area contributed by atoms with E-state index < -0.39 is 5.91 Å². The third-order valence-corrected chi connectivity index (χ3v) is 5.60. The molecule has 0 aliphatic heterocycles. The molecule has 0 saturated heterocycles. The van der Waals surface area contributed by atoms with Crippen molar-refractivity contribution in [3.63, 3.8) is 0 Å². The average Bonchev–Trinajstić information content (AvgIpc) is 3.15. The number of pyridine rings is 1. The van der Waals surface area contributed by atoms with E-state index >= 15 is 0 Å². The Balaban J connectivity index is 1.55. The van der Waals surface area contributed by atoms with Gasteiger partial charge < -0.3 is 20.4 Å². The third kappa shape index (κ3) is 4.58. The first-order valence-corrected chi connectivity index (χ1v) is 10.3. The highest BCUT2D eigenvalue weighted by atomic mass is 16.3. The van der Waals surface area contributed by atoms with Gasteiger partial charge in [-0.05, 0) is 56.4 Å². The highest BCUT2D eigenvalue weighted by Crippen LogP contribution is 2.33. The number of fused-ring (bicyclic) bond motifs is 1. The van der Waals surface area contributed by atoms with Gasteiger partial charge in [-0.3, -0.25) is 14.4 Å². The Labute approximate surface area is 179 Å². The Hall–Kier alpha value is -3.68. The number of nitrogens with zero attached hydrogens (tertiary/aromatic N) is 1. The SMILES string of the molecule is Cc1ccc(NC(=O)c2oc3ccccc3c2NC(=O)C2CCC(NC=O)CC2)nc1. The van der Waals surface area contributed by atoms with Crippen molar-refractivity contribution >= 4 is 40.7 Å². The molecule has 3 amide bonds. The molecule has 2 aromatic heterocycles. The summed E-state index contributed by atoms with van der Waals surface area (Å²) in [6.07, 6.45) is 5.19. The predicted octanol–water partition coefficient (Wildman–Crippen LogP) is 3.63. The summed E-state index contributed by atoms with van der Waals surface area (Å²) in [5.74, 6) is -0.393. The summed E-state index contributed by atoms with van der Waals surface area (Å²) in [7, 11) is 0. The fraction of sp³-hybridized carbons (Fsp3) is 0.304. The summed E-state index contributed by atoms with van der Waals surface area (Å²) < 4.78 is 5.79. The third-order valence-electron chi connectivity index (χ3n) is 5.60. The Kier molecular flexibility index (Phi) is 5.97. The van der Waals surface area contributed by atoms with E-state index in [-0.39, 0.29) is 23.6 Å². The molecule has 0 bridgehead atoms. The predicted molar refractivity (Wildman–Crippen MR) is 117 cm³/mol. The molecule has 3 aromatic rings. The lowest BCUT2D eigenvalue weighted by Crippen LogP contribution is -2.35. The number of rotatable bonds is 6. The van der Waals surface area contributed by atoms with Crippen LogP contribution in [0.4, 0.5) is 11.5 Å². The molecular weight excluding hydrogens is 396 g/mol. The summed E-state index contributed by atoms with van der Waals surface area (Å²) in [6.45, 7) is 1.91. The van der Waals surface area contributed by atoms with Gasteiger partial charge in [-0.2, -0.15) is 0 Å². The van der Waals surface area contributed by atoms with Crippen molar-refractivity contribution in [2.75, 3.05) is 10.6 Å². The molecule has 1 aromatic carbocycles. The Morgan fingerprint density at radius 2 is 1.84 bits per heavy atom. The van der Waals surface area contributed by atoms with Crippen molar-refractivity contribution in [2.45, 2.75) is 38.6 Å². The maximum absolute atomic E-state index is 13.0. The van der Waals surface area contributed by atoms with Crippen molar-refractivity contribution in [1.82, 2.24) is 10.3 Å². The van der Waals surface area contributed by atoms with Crippen LogP contribution in [0, 0.1) is 12.8 Å². The lowest BCUT2D eigenvalue weighted by atomic mass is 9.85. The van der Waals surface area contributed by atoms with Crippen molar-refractivity contribution in [3.05, 3.63) is 53.9 Å². The van der Waals surface area contributed by atoms with Crippen LogP contribution in [0.3, 0.4) is 0 Å². The van der Waals surface area contributed by atoms with Gasteiger partial charge in [0.2, 0.25) is 18.1 Å². The summed E-state index contributed by atoms with van der Waals surface area (Å²) in [4.78, 5) is 40.7. The molecular formula is C23H24N4O4. The van der Waals surface area contributed by atoms with E-state index in [4.69, 9.17) is 4.42 Å². The Bertz CT molecular complexity index is 1100. The topological polar surface area (TPSA) is 113 Å². The van der Waals surface area contributed by atoms with Crippen LogP contribution in [0.15, 0.2) is 47.0 Å². The van der Waals surface area contributed by atoms with Crippen LogP contribution < -0.4 is 16.0 Å². The second-order valence-corrected chi connectivity index (χ2v) is 7.80. The van der Waals surface area contributed by atoms with Crippen LogP contribution >= 0.6 is 0 Å². The number of hydrogen-bond acceptors (Lipinski definition) is 5. The Morgan fingerprint density at radius 3 is 2.55 bits per heavy atom. The first kappa shape index (κ1) is 20.6. The lowest BCUT2D eigenvalue weighted by molar-refractivity contribution is -0.120. The van der Waals surface area contributed by atoms with Gasteiger partial charge in [0.05, 0.1) is 0 Å². The van der Waals surface area contributed by atoms with E-state index in [1.165, 1.54) is 0 Å². The van der Waals surface area contributed by atoms with Gasteiger partial charge in [0, 0.05) is 23.5 Å². The molecule has 8 heteroatoms. The number of hydrogen-bond donors (Lipinski definition) is 3. The van der Waals surface area contributed by atoms with E-state index in [9.17, 15) is 14.4 Å². The van der Waals surface area contributed by atoms with E-state index in [0.29, 0.717) is 41.7 Å². The molecule has 2 heterocycles. The molecule has 31 heavy (non-hydrogen) atoms. The summed E-state index contributed by atoms with van der Waals surface area (Å²) in [5, 5.41) is 9.08. The molecule has 8 nitrogen and oxygen atoms in total. The van der Waals surface area contributed by atoms with E-state index in [1.807, 2.05) is 25.1 Å². The second kappa shape index (κ2) is 8.99. The van der Waals surface area contributed by atoms with Gasteiger partial charge >= 0.3 is 0 Å². The quantitative estimate of drug-likeness (QED) is 0.527.